The first-order valence-corrected chi connectivity index (χ1v) is 4.70. The molecule has 1 fully saturated rings. The highest BCUT2D eigenvalue weighted by molar-refractivity contribution is 6.01. The van der Waals surface area contributed by atoms with Crippen LogP contribution in [0.5, 0.6) is 0 Å². The van der Waals surface area contributed by atoms with Crippen LogP contribution in [0.15, 0.2) is 10.7 Å². The van der Waals surface area contributed by atoms with Gasteiger partial charge in [0.05, 0.1) is 24.9 Å². The van der Waals surface area contributed by atoms with E-state index >= 15 is 0 Å². The zero-order chi connectivity index (χ0) is 8.84. The van der Waals surface area contributed by atoms with Gasteiger partial charge in [-0.05, 0) is 18.8 Å². The normalized spacial score (nSPS) is 21.7. The van der Waals surface area contributed by atoms with E-state index in [1.807, 2.05) is 0 Å². The van der Waals surface area contributed by atoms with Crippen molar-refractivity contribution in [2.24, 2.45) is 0 Å². The molecule has 1 aromatic heterocycles. The van der Waals surface area contributed by atoms with Crippen molar-refractivity contribution < 1.29 is 9.21 Å². The summed E-state index contributed by atoms with van der Waals surface area (Å²) in [6.45, 7) is 1.17. The first-order valence-electron chi connectivity index (χ1n) is 4.70. The van der Waals surface area contributed by atoms with E-state index in [0.717, 1.165) is 16.9 Å². The monoisotopic (exact) mass is 177 g/mol. The molecule has 0 unspecified atom stereocenters. The summed E-state index contributed by atoms with van der Waals surface area (Å²) >= 11 is 0. The van der Waals surface area contributed by atoms with E-state index in [0.29, 0.717) is 19.0 Å². The molecule has 1 N–H and O–H groups in total. The van der Waals surface area contributed by atoms with Gasteiger partial charge in [-0.1, -0.05) is 0 Å². The average Bonchev–Trinajstić information content (AvgIpc) is 2.87. The molecule has 0 bridgehead atoms. The molecule has 0 spiro atoms. The number of carbonyl (C=O) groups is 1. The molecule has 2 aliphatic rings. The summed E-state index contributed by atoms with van der Waals surface area (Å²) in [7, 11) is 0. The summed E-state index contributed by atoms with van der Waals surface area (Å²) in [4.78, 5) is 11.6. The summed E-state index contributed by atoms with van der Waals surface area (Å²) in [6, 6.07) is 0. The smallest absolute Gasteiger partial charge is 0.180 e. The summed E-state index contributed by atoms with van der Waals surface area (Å²) in [6.07, 6.45) is 4.20. The van der Waals surface area contributed by atoms with Crippen LogP contribution in [-0.2, 0) is 6.54 Å². The second-order valence-corrected chi connectivity index (χ2v) is 3.79. The molecular formula is C10H11NO2. The standard InChI is InChI=1S/C10H11NO2/c12-8-3-11-4-9-10(8)7(5-13-9)6-1-2-6/h5-6,11H,1-4H2. The molecule has 3 heteroatoms. The lowest BCUT2D eigenvalue weighted by atomic mass is 10.0. The molecule has 13 heavy (non-hydrogen) atoms. The fraction of sp³-hybridized carbons (Fsp3) is 0.500. The maximum absolute atomic E-state index is 11.6. The lowest BCUT2D eigenvalue weighted by Gasteiger charge is -2.11. The summed E-state index contributed by atoms with van der Waals surface area (Å²) in [5.74, 6) is 1.63. The van der Waals surface area contributed by atoms with Gasteiger partial charge < -0.3 is 9.73 Å². The highest BCUT2D eigenvalue weighted by atomic mass is 16.3. The first-order chi connectivity index (χ1) is 6.36. The van der Waals surface area contributed by atoms with Gasteiger partial charge in [-0.25, -0.2) is 0 Å². The van der Waals surface area contributed by atoms with E-state index in [9.17, 15) is 4.79 Å². The number of furan rings is 1. The molecule has 1 aliphatic heterocycles. The molecule has 3 nitrogen and oxygen atoms in total. The van der Waals surface area contributed by atoms with Crippen molar-refractivity contribution in [3.63, 3.8) is 0 Å². The highest BCUT2D eigenvalue weighted by Gasteiger charge is 2.33. The minimum absolute atomic E-state index is 0.192. The van der Waals surface area contributed by atoms with Gasteiger partial charge in [0.25, 0.3) is 0 Å². The van der Waals surface area contributed by atoms with E-state index in [1.165, 1.54) is 12.8 Å². The number of fused-ring (bicyclic) bond motifs is 1. The Kier molecular flexibility index (Phi) is 1.38. The van der Waals surface area contributed by atoms with Crippen LogP contribution in [0.2, 0.25) is 0 Å². The number of hydrogen-bond donors (Lipinski definition) is 1. The fourth-order valence-corrected chi connectivity index (χ4v) is 1.93. The number of rotatable bonds is 1. The molecule has 0 amide bonds. The zero-order valence-corrected chi connectivity index (χ0v) is 7.30. The molecule has 3 rings (SSSR count). The topological polar surface area (TPSA) is 42.2 Å². The van der Waals surface area contributed by atoms with Crippen molar-refractivity contribution in [2.45, 2.75) is 25.3 Å². The predicted octanol–water partition coefficient (Wildman–Crippen LogP) is 1.44. The van der Waals surface area contributed by atoms with Gasteiger partial charge in [0, 0.05) is 5.56 Å². The van der Waals surface area contributed by atoms with Gasteiger partial charge >= 0.3 is 0 Å². The van der Waals surface area contributed by atoms with Crippen LogP contribution in [0.4, 0.5) is 0 Å². The molecule has 0 saturated heterocycles. The van der Waals surface area contributed by atoms with Crippen LogP contribution in [0, 0.1) is 0 Å². The number of ketones is 1. The Bertz CT molecular complexity index is 363. The van der Waals surface area contributed by atoms with Crippen molar-refractivity contribution in [2.75, 3.05) is 6.54 Å². The summed E-state index contributed by atoms with van der Waals surface area (Å²) in [5.41, 5.74) is 2.03. The van der Waals surface area contributed by atoms with Crippen LogP contribution in [-0.4, -0.2) is 12.3 Å². The Labute approximate surface area is 76.1 Å². The summed E-state index contributed by atoms with van der Waals surface area (Å²) in [5, 5.41) is 3.02. The minimum atomic E-state index is 0.192. The number of Topliss-reactive ketones (excluding diaryl/α,β-unsaturated/α-hetero) is 1. The van der Waals surface area contributed by atoms with Crippen LogP contribution >= 0.6 is 0 Å². The van der Waals surface area contributed by atoms with Gasteiger partial charge in [-0.3, -0.25) is 4.79 Å². The van der Waals surface area contributed by atoms with E-state index in [2.05, 4.69) is 5.32 Å². The SMILES string of the molecule is O=C1CNCc2occ(C3CC3)c21. The van der Waals surface area contributed by atoms with Crippen LogP contribution < -0.4 is 5.32 Å². The van der Waals surface area contributed by atoms with Crippen molar-refractivity contribution in [1.29, 1.82) is 0 Å². The molecule has 0 aromatic carbocycles. The molecule has 2 heterocycles. The van der Waals surface area contributed by atoms with Crippen molar-refractivity contribution >= 4 is 5.78 Å². The highest BCUT2D eigenvalue weighted by Crippen LogP contribution is 2.43. The lowest BCUT2D eigenvalue weighted by molar-refractivity contribution is 0.0978. The first kappa shape index (κ1) is 7.33. The van der Waals surface area contributed by atoms with Crippen LogP contribution in [0.1, 0.15) is 40.4 Å². The number of hydrogen-bond acceptors (Lipinski definition) is 3. The van der Waals surface area contributed by atoms with E-state index < -0.39 is 0 Å². The second-order valence-electron chi connectivity index (χ2n) is 3.79. The fourth-order valence-electron chi connectivity index (χ4n) is 1.93. The third-order valence-corrected chi connectivity index (χ3v) is 2.76. The van der Waals surface area contributed by atoms with Gasteiger partial charge in [0.15, 0.2) is 5.78 Å². The quantitative estimate of drug-likeness (QED) is 0.705. The molecule has 0 atom stereocenters. The molecular weight excluding hydrogens is 166 g/mol. The molecule has 1 aromatic rings. The zero-order valence-electron chi connectivity index (χ0n) is 7.30. The van der Waals surface area contributed by atoms with Crippen molar-refractivity contribution in [3.8, 4) is 0 Å². The molecule has 1 aliphatic carbocycles. The van der Waals surface area contributed by atoms with E-state index in [4.69, 9.17) is 4.42 Å². The molecule has 1 saturated carbocycles. The van der Waals surface area contributed by atoms with Gasteiger partial charge in [-0.2, -0.15) is 0 Å². The lowest BCUT2D eigenvalue weighted by Crippen LogP contribution is -2.29. The maximum atomic E-state index is 11.6. The van der Waals surface area contributed by atoms with Crippen molar-refractivity contribution in [3.05, 3.63) is 23.2 Å². The summed E-state index contributed by atoms with van der Waals surface area (Å²) < 4.78 is 5.38. The minimum Gasteiger partial charge on any atom is -0.467 e. The second kappa shape index (κ2) is 2.45. The predicted molar refractivity (Wildman–Crippen MR) is 46.7 cm³/mol. The van der Waals surface area contributed by atoms with Gasteiger partial charge in [0.2, 0.25) is 0 Å². The Morgan fingerprint density at radius 3 is 3.00 bits per heavy atom. The van der Waals surface area contributed by atoms with E-state index in [1.54, 1.807) is 6.26 Å². The van der Waals surface area contributed by atoms with Gasteiger partial charge in [-0.15, -0.1) is 0 Å². The Morgan fingerprint density at radius 1 is 1.38 bits per heavy atom. The number of nitrogens with one attached hydrogen (secondary N) is 1. The maximum Gasteiger partial charge on any atom is 0.180 e. The molecule has 68 valence electrons. The average molecular weight is 177 g/mol. The Hall–Kier alpha value is -1.09. The number of carbonyl (C=O) groups excluding carboxylic acids is 1. The molecule has 0 radical (unpaired) electrons. The van der Waals surface area contributed by atoms with Crippen LogP contribution in [0.25, 0.3) is 0 Å². The van der Waals surface area contributed by atoms with Crippen molar-refractivity contribution in [1.82, 2.24) is 5.32 Å². The third-order valence-electron chi connectivity index (χ3n) is 2.76. The Morgan fingerprint density at radius 2 is 2.23 bits per heavy atom. The van der Waals surface area contributed by atoms with Crippen LogP contribution in [0.3, 0.4) is 0 Å². The third kappa shape index (κ3) is 1.04. The Balaban J connectivity index is 2.11. The van der Waals surface area contributed by atoms with E-state index in [-0.39, 0.29) is 5.78 Å². The van der Waals surface area contributed by atoms with Gasteiger partial charge in [0.1, 0.15) is 5.76 Å². The largest absolute Gasteiger partial charge is 0.467 e.